The molecule has 4 heterocycles. The fraction of sp³-hybridized carbons (Fsp3) is 0.946. The highest BCUT2D eigenvalue weighted by Gasteiger charge is 2.61. The fourth-order valence-corrected chi connectivity index (χ4v) is 8.31. The van der Waals surface area contributed by atoms with Gasteiger partial charge >= 0.3 is 11.9 Å². The summed E-state index contributed by atoms with van der Waals surface area (Å²) in [6.45, 7) is 6.03. The van der Waals surface area contributed by atoms with Crippen LogP contribution in [0.15, 0.2) is 0 Å². The molecular weight excluding hydrogens is 812 g/mol. The van der Waals surface area contributed by atoms with E-state index in [0.29, 0.717) is 0 Å². The number of ether oxygens (including phenoxy) is 7. The Hall–Kier alpha value is -1.82. The number of aliphatic hydroxyl groups excluding tert-OH is 12. The van der Waals surface area contributed by atoms with Gasteiger partial charge in [0.1, 0.15) is 61.0 Å². The molecule has 4 rings (SSSR count). The molecular formula is C37H64O23. The minimum atomic E-state index is -2.91. The number of carbonyl (C=O) groups is 2. The lowest BCUT2D eigenvalue weighted by Gasteiger charge is -2.54. The molecule has 0 radical (unpaired) electrons. The second-order valence-corrected chi connectivity index (χ2v) is 17.0. The van der Waals surface area contributed by atoms with Crippen LogP contribution in [0.3, 0.4) is 0 Å². The van der Waals surface area contributed by atoms with E-state index in [2.05, 4.69) is 0 Å². The first-order chi connectivity index (χ1) is 27.9. The molecule has 0 aromatic rings. The predicted molar refractivity (Wildman–Crippen MR) is 195 cm³/mol. The zero-order chi connectivity index (χ0) is 45.4. The second-order valence-electron chi connectivity index (χ2n) is 17.0. The normalized spacial score (nSPS) is 46.1. The van der Waals surface area contributed by atoms with E-state index in [-0.39, 0.29) is 5.92 Å². The minimum Gasteiger partial charge on any atom is -0.477 e. The molecule has 23 heteroatoms. The van der Waals surface area contributed by atoms with Gasteiger partial charge in [-0.3, -0.25) is 0 Å². The molecule has 0 bridgehead atoms. The molecule has 0 amide bonds. The summed E-state index contributed by atoms with van der Waals surface area (Å²) in [5, 5.41) is 148. The molecule has 4 saturated heterocycles. The lowest BCUT2D eigenvalue weighted by Crippen LogP contribution is -2.68. The molecule has 60 heavy (non-hydrogen) atoms. The summed E-state index contributed by atoms with van der Waals surface area (Å²) in [5.74, 6) is -12.3. The first kappa shape index (κ1) is 50.8. The summed E-state index contributed by atoms with van der Waals surface area (Å²) < 4.78 is 41.2. The van der Waals surface area contributed by atoms with Crippen LogP contribution in [0.25, 0.3) is 0 Å². The molecule has 0 spiro atoms. The number of aliphatic hydroxyl groups is 12. The summed E-state index contributed by atoms with van der Waals surface area (Å²) in [5.41, 5.74) is -1.23. The molecule has 0 saturated carbocycles. The number of hydrogen-bond donors (Lipinski definition) is 14. The van der Waals surface area contributed by atoms with E-state index < -0.39 is 184 Å². The number of rotatable bonds is 17. The van der Waals surface area contributed by atoms with Crippen LogP contribution in [0.5, 0.6) is 0 Å². The Labute approximate surface area is 345 Å². The van der Waals surface area contributed by atoms with Gasteiger partial charge in [-0.25, -0.2) is 9.59 Å². The van der Waals surface area contributed by atoms with Gasteiger partial charge in [-0.15, -0.1) is 0 Å². The summed E-state index contributed by atoms with van der Waals surface area (Å²) in [6.07, 6.45) is -29.5. The SMILES string of the molecule is CC(C)C1(C)OC(CO[C@]2(C(=O)O)C[C@@H](O)[C@@H](C)C([C@H](O)[C@H](O)CO)O2)C(O)[C@H](O[C@@H]2OC(CO)[C@H](O)C(O[C@]3(C(=O)O)C[C@@H](O)[C@@H](C)C([C@H](O)[C@H](O)CO)O3)[C@@H]2O)[C@@H]1C. The highest BCUT2D eigenvalue weighted by molar-refractivity contribution is 5.76. The number of carboxylic acids is 2. The third kappa shape index (κ3) is 9.79. The number of carboxylic acid groups (broad SMARTS) is 2. The average molecular weight is 877 g/mol. The fourth-order valence-electron chi connectivity index (χ4n) is 8.31. The van der Waals surface area contributed by atoms with Crippen molar-refractivity contribution in [1.29, 1.82) is 0 Å². The zero-order valence-corrected chi connectivity index (χ0v) is 34.2. The maximum atomic E-state index is 12.8. The van der Waals surface area contributed by atoms with Gasteiger partial charge in [0.05, 0.1) is 62.5 Å². The molecule has 4 aliphatic rings. The van der Waals surface area contributed by atoms with Crippen LogP contribution in [0.1, 0.15) is 54.4 Å². The molecule has 0 aromatic carbocycles. The van der Waals surface area contributed by atoms with Gasteiger partial charge in [-0.05, 0) is 12.8 Å². The van der Waals surface area contributed by atoms with Crippen LogP contribution in [0.4, 0.5) is 0 Å². The number of hydrogen-bond acceptors (Lipinski definition) is 21. The molecule has 23 nitrogen and oxygen atoms in total. The first-order valence-corrected chi connectivity index (χ1v) is 19.9. The van der Waals surface area contributed by atoms with Crippen molar-refractivity contribution >= 4 is 11.9 Å². The molecule has 4 aliphatic heterocycles. The second kappa shape index (κ2) is 19.9. The standard InChI is InChI=1S/C37H64O23/c1-13(2)35(6)16(5)30(26(48)22(57-35)12-54-36(33(50)51)7-17(41)14(3)28(58-36)23(45)19(43)9-38)56-32-27(49)31(25(47)21(11-40)55-32)60-37(34(52)53)8-18(42)15(4)29(59-37)24(46)20(44)10-39/h13-32,38-49H,7-12H2,1-6H3,(H,50,51)(H,52,53)/t14-,15-,16+,17-,18-,19-,20-,21?,22?,23-,24-,25+,26?,27+,28?,29?,30-,31?,32+,35?,36-,37+/m1/s1. The van der Waals surface area contributed by atoms with Crippen LogP contribution >= 0.6 is 0 Å². The molecule has 22 atom stereocenters. The van der Waals surface area contributed by atoms with Crippen molar-refractivity contribution in [2.45, 2.75) is 169 Å². The van der Waals surface area contributed by atoms with Gasteiger partial charge in [-0.2, -0.15) is 0 Å². The maximum Gasteiger partial charge on any atom is 0.364 e. The molecule has 14 N–H and O–H groups in total. The molecule has 7 unspecified atom stereocenters. The smallest absolute Gasteiger partial charge is 0.364 e. The van der Waals surface area contributed by atoms with Gasteiger partial charge in [0.2, 0.25) is 0 Å². The van der Waals surface area contributed by atoms with Gasteiger partial charge in [0.15, 0.2) is 6.29 Å². The summed E-state index contributed by atoms with van der Waals surface area (Å²) in [4.78, 5) is 25.5. The van der Waals surface area contributed by atoms with E-state index in [9.17, 15) is 81.1 Å². The largest absolute Gasteiger partial charge is 0.477 e. The Bertz CT molecular complexity index is 1430. The van der Waals surface area contributed by atoms with E-state index in [0.717, 1.165) is 0 Å². The first-order valence-electron chi connectivity index (χ1n) is 19.9. The van der Waals surface area contributed by atoms with Crippen LogP contribution in [-0.2, 0) is 42.7 Å². The zero-order valence-electron chi connectivity index (χ0n) is 34.2. The van der Waals surface area contributed by atoms with Crippen LogP contribution in [-0.4, -0.2) is 225 Å². The van der Waals surface area contributed by atoms with E-state index in [4.69, 9.17) is 33.2 Å². The van der Waals surface area contributed by atoms with Crippen LogP contribution in [0.2, 0.25) is 0 Å². The monoisotopic (exact) mass is 876 g/mol. The molecule has 350 valence electrons. The highest BCUT2D eigenvalue weighted by atomic mass is 16.8. The quantitative estimate of drug-likeness (QED) is 0.0648. The van der Waals surface area contributed by atoms with Gasteiger partial charge < -0.3 is 105 Å². The lowest BCUT2D eigenvalue weighted by atomic mass is 9.73. The van der Waals surface area contributed by atoms with E-state index in [1.807, 2.05) is 0 Å². The third-order valence-electron chi connectivity index (χ3n) is 12.9. The van der Waals surface area contributed by atoms with Crippen molar-refractivity contribution in [1.82, 2.24) is 0 Å². The van der Waals surface area contributed by atoms with Gasteiger partial charge in [0, 0.05) is 30.6 Å². The highest BCUT2D eigenvalue weighted by Crippen LogP contribution is 2.45. The predicted octanol–water partition coefficient (Wildman–Crippen LogP) is -5.42. The summed E-state index contributed by atoms with van der Waals surface area (Å²) >= 11 is 0. The Balaban J connectivity index is 1.64. The third-order valence-corrected chi connectivity index (χ3v) is 12.9. The van der Waals surface area contributed by atoms with Crippen molar-refractivity contribution in [3.05, 3.63) is 0 Å². The van der Waals surface area contributed by atoms with Crippen LogP contribution in [0, 0.1) is 23.7 Å². The lowest BCUT2D eigenvalue weighted by molar-refractivity contribution is -0.386. The van der Waals surface area contributed by atoms with Crippen LogP contribution < -0.4 is 0 Å². The Morgan fingerprint density at radius 3 is 1.62 bits per heavy atom. The van der Waals surface area contributed by atoms with Crippen molar-refractivity contribution < 1.29 is 114 Å². The van der Waals surface area contributed by atoms with Crippen molar-refractivity contribution in [3.8, 4) is 0 Å². The molecule has 0 aliphatic carbocycles. The van der Waals surface area contributed by atoms with E-state index in [1.165, 1.54) is 13.8 Å². The Kier molecular flexibility index (Phi) is 16.9. The van der Waals surface area contributed by atoms with Gasteiger partial charge in [-0.1, -0.05) is 34.6 Å². The molecule has 4 fully saturated rings. The molecule has 0 aromatic heterocycles. The summed E-state index contributed by atoms with van der Waals surface area (Å²) in [7, 11) is 0. The van der Waals surface area contributed by atoms with E-state index >= 15 is 0 Å². The number of aliphatic carboxylic acids is 2. The summed E-state index contributed by atoms with van der Waals surface area (Å²) in [6, 6.07) is 0. The van der Waals surface area contributed by atoms with Crippen molar-refractivity contribution in [2.24, 2.45) is 23.7 Å². The Morgan fingerprint density at radius 1 is 0.700 bits per heavy atom. The minimum absolute atomic E-state index is 0.365. The average Bonchev–Trinajstić information content (AvgIpc) is 3.20. The van der Waals surface area contributed by atoms with Crippen molar-refractivity contribution in [3.63, 3.8) is 0 Å². The maximum absolute atomic E-state index is 12.8. The Morgan fingerprint density at radius 2 is 1.17 bits per heavy atom. The van der Waals surface area contributed by atoms with E-state index in [1.54, 1.807) is 27.7 Å². The topological polar surface area (TPSA) is 382 Å². The van der Waals surface area contributed by atoms with Crippen molar-refractivity contribution in [2.75, 3.05) is 26.4 Å². The van der Waals surface area contributed by atoms with Gasteiger partial charge in [0.25, 0.3) is 11.6 Å².